The Hall–Kier alpha value is -0.480. The molecule has 0 aromatic carbocycles. The van der Waals surface area contributed by atoms with E-state index in [2.05, 4.69) is 23.2 Å². The van der Waals surface area contributed by atoms with Crippen LogP contribution >= 0.6 is 7.67 Å². The van der Waals surface area contributed by atoms with E-state index in [0.29, 0.717) is 17.6 Å². The third kappa shape index (κ3) is 2.76. The monoisotopic (exact) mass is 418 g/mol. The van der Waals surface area contributed by atoms with Gasteiger partial charge in [0.2, 0.25) is 0 Å². The van der Waals surface area contributed by atoms with Gasteiger partial charge in [-0.3, -0.25) is 9.36 Å². The molecule has 160 valence electrons. The number of hydrogen-bond donors (Lipinski definition) is 0. The molecule has 2 heterocycles. The summed E-state index contributed by atoms with van der Waals surface area (Å²) in [5, 5.41) is 0. The van der Waals surface area contributed by atoms with E-state index in [-0.39, 0.29) is 16.9 Å². The Kier molecular flexibility index (Phi) is 4.16. The zero-order valence-corrected chi connectivity index (χ0v) is 18.8. The smallest absolute Gasteiger partial charge is 0.302 e. The molecule has 2 aliphatic heterocycles. The molecular weight excluding hydrogens is 383 g/mol. The number of carbonyl (C=O) groups is 1. The summed E-state index contributed by atoms with van der Waals surface area (Å²) in [7, 11) is -2.76. The molecule has 5 nitrogen and oxygen atoms in total. The zero-order chi connectivity index (χ0) is 20.0. The first-order chi connectivity index (χ1) is 13.8. The molecule has 0 unspecified atom stereocenters. The molecule has 0 bridgehead atoms. The number of rotatable bonds is 4. The van der Waals surface area contributed by atoms with Gasteiger partial charge < -0.3 is 4.52 Å². The van der Waals surface area contributed by atoms with Crippen LogP contribution in [-0.2, 0) is 13.9 Å². The van der Waals surface area contributed by atoms with E-state index in [9.17, 15) is 9.36 Å². The van der Waals surface area contributed by atoms with Crippen LogP contribution in [0.2, 0.25) is 0 Å². The maximum Gasteiger partial charge on any atom is 0.346 e. The third-order valence-corrected chi connectivity index (χ3v) is 12.5. The number of carbonyl (C=O) groups excluding carboxylic acids is 1. The summed E-state index contributed by atoms with van der Waals surface area (Å²) in [5.74, 6) is 2.46. The topological polar surface area (TPSA) is 49.4 Å². The van der Waals surface area contributed by atoms with Gasteiger partial charge in [0.25, 0.3) is 0 Å². The largest absolute Gasteiger partial charge is 0.346 e. The number of ketones is 1. The summed E-state index contributed by atoms with van der Waals surface area (Å²) >= 11 is 0. The minimum atomic E-state index is -2.76. The Labute approximate surface area is 174 Å². The minimum absolute atomic E-state index is 0.137. The van der Waals surface area contributed by atoms with Crippen molar-refractivity contribution in [2.45, 2.75) is 71.3 Å². The van der Waals surface area contributed by atoms with E-state index < -0.39 is 7.67 Å². The third-order valence-electron chi connectivity index (χ3n) is 9.70. The Balaban J connectivity index is 1.26. The van der Waals surface area contributed by atoms with Gasteiger partial charge in [0.05, 0.1) is 6.10 Å². The van der Waals surface area contributed by atoms with Crippen LogP contribution in [0, 0.1) is 28.6 Å². The highest BCUT2D eigenvalue weighted by Crippen LogP contribution is 2.69. The van der Waals surface area contributed by atoms with Crippen molar-refractivity contribution in [2.24, 2.45) is 28.6 Å². The molecule has 0 aromatic rings. The van der Waals surface area contributed by atoms with Gasteiger partial charge in [-0.05, 0) is 79.6 Å². The van der Waals surface area contributed by atoms with Gasteiger partial charge in [-0.2, -0.15) is 0 Å². The number of nitrogens with zero attached hydrogens (tertiary/aromatic N) is 2. The van der Waals surface area contributed by atoms with Crippen molar-refractivity contribution >= 4 is 13.5 Å². The van der Waals surface area contributed by atoms with Crippen LogP contribution in [0.1, 0.15) is 65.2 Å². The summed E-state index contributed by atoms with van der Waals surface area (Å²) in [5.41, 5.74) is 1.83. The molecule has 0 aromatic heterocycles. The number of fused-ring (bicyclic) bond motifs is 5. The normalized spacial score (nSPS) is 47.2. The molecule has 6 rings (SSSR count). The Morgan fingerprint density at radius 1 is 0.966 bits per heavy atom. The lowest BCUT2D eigenvalue weighted by Crippen LogP contribution is -2.51. The van der Waals surface area contributed by atoms with Crippen LogP contribution in [0.4, 0.5) is 0 Å². The highest BCUT2D eigenvalue weighted by atomic mass is 31.2. The molecular formula is C23H35N2O3P. The zero-order valence-electron chi connectivity index (χ0n) is 17.9. The van der Waals surface area contributed by atoms with Crippen molar-refractivity contribution in [3.63, 3.8) is 0 Å². The van der Waals surface area contributed by atoms with Crippen molar-refractivity contribution < 1.29 is 13.9 Å². The molecule has 2 saturated heterocycles. The van der Waals surface area contributed by atoms with E-state index in [0.717, 1.165) is 57.8 Å². The second kappa shape index (κ2) is 6.28. The SMILES string of the molecule is C[C@]12CC[C@H]3[C@@H](CCC4=CC(=O)CC[C@@]43C)[C@@H]1CC[C@H]2OP(=O)(N1CC1)N1CC1. The standard InChI is InChI=1S/C23H35N2O3P/c1-22-9-7-17(26)15-16(22)3-4-18-19-5-6-21(23(19,2)10-8-20(18)22)28-29(27,24-11-12-24)25-13-14-25/h15,18-21H,3-14H2,1-2H3/t18-,19-,20-,21+,22-,23-/m0/s1. The minimum Gasteiger partial charge on any atom is -0.302 e. The van der Waals surface area contributed by atoms with Gasteiger partial charge in [0.1, 0.15) is 0 Å². The lowest BCUT2D eigenvalue weighted by atomic mass is 9.47. The first-order valence-corrected chi connectivity index (χ1v) is 13.4. The summed E-state index contributed by atoms with van der Waals surface area (Å²) in [4.78, 5) is 12.0. The Bertz CT molecular complexity index is 803. The predicted octanol–water partition coefficient (Wildman–Crippen LogP) is 4.64. The van der Waals surface area contributed by atoms with E-state index in [1.165, 1.54) is 31.3 Å². The fourth-order valence-corrected chi connectivity index (χ4v) is 10.2. The summed E-state index contributed by atoms with van der Waals surface area (Å²) in [6, 6.07) is 0. The van der Waals surface area contributed by atoms with Crippen LogP contribution in [0.15, 0.2) is 11.6 Å². The molecule has 0 radical (unpaired) electrons. The van der Waals surface area contributed by atoms with Crippen molar-refractivity contribution in [1.82, 2.24) is 9.34 Å². The van der Waals surface area contributed by atoms with Crippen molar-refractivity contribution in [2.75, 3.05) is 26.2 Å². The molecule has 0 spiro atoms. The number of hydrogen-bond acceptors (Lipinski definition) is 3. The summed E-state index contributed by atoms with van der Waals surface area (Å²) in [6.45, 7) is 8.60. The summed E-state index contributed by atoms with van der Waals surface area (Å²) < 4.78 is 24.4. The van der Waals surface area contributed by atoms with E-state index in [1.807, 2.05) is 6.08 Å². The van der Waals surface area contributed by atoms with Gasteiger partial charge in [-0.15, -0.1) is 0 Å². The second-order valence-corrected chi connectivity index (χ2v) is 13.4. The van der Waals surface area contributed by atoms with E-state index in [1.54, 1.807) is 0 Å². The molecule has 3 saturated carbocycles. The lowest BCUT2D eigenvalue weighted by Gasteiger charge is -2.58. The van der Waals surface area contributed by atoms with E-state index in [4.69, 9.17) is 4.52 Å². The maximum absolute atomic E-state index is 13.7. The van der Waals surface area contributed by atoms with Gasteiger partial charge in [0.15, 0.2) is 5.78 Å². The van der Waals surface area contributed by atoms with Crippen molar-refractivity contribution in [1.29, 1.82) is 0 Å². The molecule has 4 aliphatic carbocycles. The average Bonchev–Trinajstić information content (AvgIpc) is 3.59. The molecule has 6 heteroatoms. The van der Waals surface area contributed by atoms with Crippen molar-refractivity contribution in [3.8, 4) is 0 Å². The highest BCUT2D eigenvalue weighted by molar-refractivity contribution is 7.54. The first kappa shape index (κ1) is 19.2. The Morgan fingerprint density at radius 2 is 1.69 bits per heavy atom. The molecule has 0 N–H and O–H groups in total. The second-order valence-electron chi connectivity index (χ2n) is 11.1. The molecule has 6 atom stereocenters. The van der Waals surface area contributed by atoms with Crippen LogP contribution in [0.5, 0.6) is 0 Å². The van der Waals surface area contributed by atoms with E-state index >= 15 is 0 Å². The quantitative estimate of drug-likeness (QED) is 0.492. The lowest BCUT2D eigenvalue weighted by molar-refractivity contribution is -0.117. The van der Waals surface area contributed by atoms with Gasteiger partial charge >= 0.3 is 7.67 Å². The molecule has 0 amide bonds. The Morgan fingerprint density at radius 3 is 2.38 bits per heavy atom. The molecule has 29 heavy (non-hydrogen) atoms. The predicted molar refractivity (Wildman–Crippen MR) is 112 cm³/mol. The van der Waals surface area contributed by atoms with Crippen LogP contribution < -0.4 is 0 Å². The fourth-order valence-electron chi connectivity index (χ4n) is 7.76. The first-order valence-electron chi connectivity index (χ1n) is 11.9. The summed E-state index contributed by atoms with van der Waals surface area (Å²) in [6.07, 6.45) is 10.9. The average molecular weight is 419 g/mol. The van der Waals surface area contributed by atoms with Crippen LogP contribution in [-0.4, -0.2) is 47.4 Å². The van der Waals surface area contributed by atoms with Crippen molar-refractivity contribution in [3.05, 3.63) is 11.6 Å². The van der Waals surface area contributed by atoms with Gasteiger partial charge in [0, 0.05) is 32.6 Å². The fraction of sp³-hybridized carbons (Fsp3) is 0.870. The van der Waals surface area contributed by atoms with Crippen LogP contribution in [0.25, 0.3) is 0 Å². The maximum atomic E-state index is 13.7. The molecule has 6 aliphatic rings. The van der Waals surface area contributed by atoms with Gasteiger partial charge in [-0.25, -0.2) is 9.34 Å². The van der Waals surface area contributed by atoms with Gasteiger partial charge in [-0.1, -0.05) is 19.4 Å². The van der Waals surface area contributed by atoms with Crippen LogP contribution in [0.3, 0.4) is 0 Å². The molecule has 5 fully saturated rings. The number of allylic oxidation sites excluding steroid dienone is 1. The highest BCUT2D eigenvalue weighted by Gasteiger charge is 2.61.